The Labute approximate surface area is 150 Å². The number of halogens is 1. The van der Waals surface area contributed by atoms with E-state index in [4.69, 9.17) is 4.74 Å². The standard InChI is InChI=1S/C20H20FNO4/c1-13-5-6-14(18(23)24)11-17(13)22-19(25)20(7-9-26-10-8-20)15-3-2-4-16(21)12-15/h2-6,11-12H,7-10H2,1H3,(H,22,25)(H,23,24). The van der Waals surface area contributed by atoms with Crippen LogP contribution in [0.15, 0.2) is 42.5 Å². The van der Waals surface area contributed by atoms with Crippen LogP contribution in [-0.2, 0) is 14.9 Å². The highest BCUT2D eigenvalue weighted by Gasteiger charge is 2.42. The molecule has 0 radical (unpaired) electrons. The van der Waals surface area contributed by atoms with Crippen molar-refractivity contribution >= 4 is 17.6 Å². The Morgan fingerprint density at radius 2 is 1.88 bits per heavy atom. The predicted molar refractivity (Wildman–Crippen MR) is 94.9 cm³/mol. The average Bonchev–Trinajstić information content (AvgIpc) is 2.63. The fraction of sp³-hybridized carbons (Fsp3) is 0.300. The molecule has 1 fully saturated rings. The Kier molecular flexibility index (Phi) is 5.04. The van der Waals surface area contributed by atoms with Crippen LogP contribution in [0.1, 0.15) is 34.3 Å². The third-order valence-electron chi connectivity index (χ3n) is 4.89. The normalized spacial score (nSPS) is 16.1. The monoisotopic (exact) mass is 357 g/mol. The number of aryl methyl sites for hydroxylation is 1. The molecule has 0 atom stereocenters. The van der Waals surface area contributed by atoms with Crippen molar-refractivity contribution in [2.24, 2.45) is 0 Å². The van der Waals surface area contributed by atoms with Crippen molar-refractivity contribution in [3.63, 3.8) is 0 Å². The van der Waals surface area contributed by atoms with Gasteiger partial charge in [-0.2, -0.15) is 0 Å². The number of nitrogens with one attached hydrogen (secondary N) is 1. The van der Waals surface area contributed by atoms with Gasteiger partial charge in [0.05, 0.1) is 11.0 Å². The summed E-state index contributed by atoms with van der Waals surface area (Å²) in [5, 5.41) is 12.0. The predicted octanol–water partition coefficient (Wildman–Crippen LogP) is 3.52. The van der Waals surface area contributed by atoms with Crippen LogP contribution in [0.5, 0.6) is 0 Å². The largest absolute Gasteiger partial charge is 0.478 e. The van der Waals surface area contributed by atoms with Crippen LogP contribution >= 0.6 is 0 Å². The maximum atomic E-state index is 13.8. The highest BCUT2D eigenvalue weighted by atomic mass is 19.1. The van der Waals surface area contributed by atoms with Crippen LogP contribution in [0.2, 0.25) is 0 Å². The van der Waals surface area contributed by atoms with Crippen LogP contribution in [0.3, 0.4) is 0 Å². The summed E-state index contributed by atoms with van der Waals surface area (Å²) >= 11 is 0. The number of carbonyl (C=O) groups is 2. The van der Waals surface area contributed by atoms with Gasteiger partial charge in [-0.1, -0.05) is 18.2 Å². The van der Waals surface area contributed by atoms with Gasteiger partial charge in [0.25, 0.3) is 0 Å². The lowest BCUT2D eigenvalue weighted by atomic mass is 9.73. The fourth-order valence-corrected chi connectivity index (χ4v) is 3.28. The molecule has 0 spiro atoms. The van der Waals surface area contributed by atoms with Crippen molar-refractivity contribution in [3.05, 3.63) is 65.0 Å². The number of carboxylic acid groups (broad SMARTS) is 1. The number of amides is 1. The Morgan fingerprint density at radius 1 is 1.15 bits per heavy atom. The van der Waals surface area contributed by atoms with E-state index in [1.807, 2.05) is 0 Å². The van der Waals surface area contributed by atoms with E-state index in [0.717, 1.165) is 5.56 Å². The van der Waals surface area contributed by atoms with Gasteiger partial charge in [-0.3, -0.25) is 4.79 Å². The Hall–Kier alpha value is -2.73. The third-order valence-corrected chi connectivity index (χ3v) is 4.89. The lowest BCUT2D eigenvalue weighted by Crippen LogP contribution is -2.45. The first-order chi connectivity index (χ1) is 12.4. The molecule has 2 N–H and O–H groups in total. The van der Waals surface area contributed by atoms with E-state index >= 15 is 0 Å². The van der Waals surface area contributed by atoms with Crippen LogP contribution < -0.4 is 5.32 Å². The molecule has 1 amide bonds. The molecule has 1 aliphatic rings. The SMILES string of the molecule is Cc1ccc(C(=O)O)cc1NC(=O)C1(c2cccc(F)c2)CCOCC1. The van der Waals surface area contributed by atoms with Gasteiger partial charge in [0.15, 0.2) is 0 Å². The van der Waals surface area contributed by atoms with Crippen molar-refractivity contribution in [1.82, 2.24) is 0 Å². The molecule has 0 aliphatic carbocycles. The number of benzene rings is 2. The average molecular weight is 357 g/mol. The molecule has 0 unspecified atom stereocenters. The van der Waals surface area contributed by atoms with Crippen molar-refractivity contribution in [2.45, 2.75) is 25.2 Å². The number of aromatic carboxylic acids is 1. The van der Waals surface area contributed by atoms with E-state index in [-0.39, 0.29) is 11.5 Å². The lowest BCUT2D eigenvalue weighted by Gasteiger charge is -2.36. The molecule has 0 saturated carbocycles. The number of anilines is 1. The maximum Gasteiger partial charge on any atom is 0.335 e. The van der Waals surface area contributed by atoms with Crippen LogP contribution in [-0.4, -0.2) is 30.2 Å². The molecule has 1 aliphatic heterocycles. The number of hydrogen-bond donors (Lipinski definition) is 2. The first-order valence-electron chi connectivity index (χ1n) is 8.41. The second kappa shape index (κ2) is 7.25. The number of carboxylic acids is 1. The molecule has 5 nitrogen and oxygen atoms in total. The zero-order valence-corrected chi connectivity index (χ0v) is 14.4. The summed E-state index contributed by atoms with van der Waals surface area (Å²) in [6.45, 7) is 2.59. The molecular formula is C20H20FNO4. The quantitative estimate of drug-likeness (QED) is 0.878. The maximum absolute atomic E-state index is 13.8. The molecule has 2 aromatic carbocycles. The number of rotatable bonds is 4. The van der Waals surface area contributed by atoms with E-state index in [9.17, 15) is 19.1 Å². The highest BCUT2D eigenvalue weighted by molar-refractivity contribution is 6.01. The minimum atomic E-state index is -1.06. The molecular weight excluding hydrogens is 337 g/mol. The van der Waals surface area contributed by atoms with E-state index in [1.54, 1.807) is 25.1 Å². The molecule has 26 heavy (non-hydrogen) atoms. The van der Waals surface area contributed by atoms with E-state index < -0.39 is 17.2 Å². The summed E-state index contributed by atoms with van der Waals surface area (Å²) in [6, 6.07) is 10.6. The summed E-state index contributed by atoms with van der Waals surface area (Å²) in [6.07, 6.45) is 0.861. The van der Waals surface area contributed by atoms with Crippen LogP contribution in [0, 0.1) is 12.7 Å². The Morgan fingerprint density at radius 3 is 2.54 bits per heavy atom. The van der Waals surface area contributed by atoms with Gasteiger partial charge >= 0.3 is 5.97 Å². The van der Waals surface area contributed by atoms with Gasteiger partial charge in [-0.15, -0.1) is 0 Å². The zero-order chi connectivity index (χ0) is 18.7. The van der Waals surface area contributed by atoms with Crippen molar-refractivity contribution < 1.29 is 23.8 Å². The van der Waals surface area contributed by atoms with Gasteiger partial charge in [0, 0.05) is 18.9 Å². The zero-order valence-electron chi connectivity index (χ0n) is 14.4. The summed E-state index contributed by atoms with van der Waals surface area (Å²) < 4.78 is 19.2. The van der Waals surface area contributed by atoms with Crippen molar-refractivity contribution in [1.29, 1.82) is 0 Å². The van der Waals surface area contributed by atoms with Crippen molar-refractivity contribution in [2.75, 3.05) is 18.5 Å². The molecule has 136 valence electrons. The molecule has 3 rings (SSSR count). The second-order valence-electron chi connectivity index (χ2n) is 6.49. The summed E-state index contributed by atoms with van der Waals surface area (Å²) in [4.78, 5) is 24.4. The van der Waals surface area contributed by atoms with E-state index in [2.05, 4.69) is 5.32 Å². The lowest BCUT2D eigenvalue weighted by molar-refractivity contribution is -0.125. The number of hydrogen-bond acceptors (Lipinski definition) is 3. The Balaban J connectivity index is 1.97. The molecule has 1 saturated heterocycles. The highest BCUT2D eigenvalue weighted by Crippen LogP contribution is 2.36. The van der Waals surface area contributed by atoms with Crippen LogP contribution in [0.4, 0.5) is 10.1 Å². The van der Waals surface area contributed by atoms with Gasteiger partial charge in [-0.25, -0.2) is 9.18 Å². The molecule has 0 bridgehead atoms. The first-order valence-corrected chi connectivity index (χ1v) is 8.41. The summed E-state index contributed by atoms with van der Waals surface area (Å²) in [5.41, 5.74) is 0.983. The number of ether oxygens (including phenoxy) is 1. The van der Waals surface area contributed by atoms with E-state index in [0.29, 0.717) is 37.3 Å². The van der Waals surface area contributed by atoms with Gasteiger partial charge in [0.1, 0.15) is 5.82 Å². The van der Waals surface area contributed by atoms with Gasteiger partial charge in [0.2, 0.25) is 5.91 Å². The van der Waals surface area contributed by atoms with E-state index in [1.165, 1.54) is 24.3 Å². The Bertz CT molecular complexity index is 843. The van der Waals surface area contributed by atoms with Crippen molar-refractivity contribution in [3.8, 4) is 0 Å². The topological polar surface area (TPSA) is 75.6 Å². The molecule has 2 aromatic rings. The minimum Gasteiger partial charge on any atom is -0.478 e. The molecule has 6 heteroatoms. The van der Waals surface area contributed by atoms with Gasteiger partial charge < -0.3 is 15.2 Å². The smallest absolute Gasteiger partial charge is 0.335 e. The number of carbonyl (C=O) groups excluding carboxylic acids is 1. The second-order valence-corrected chi connectivity index (χ2v) is 6.49. The van der Waals surface area contributed by atoms with Crippen LogP contribution in [0.25, 0.3) is 0 Å². The first kappa shape index (κ1) is 18.1. The summed E-state index contributed by atoms with van der Waals surface area (Å²) in [5.74, 6) is -1.74. The molecule has 0 aromatic heterocycles. The fourth-order valence-electron chi connectivity index (χ4n) is 3.28. The molecule has 1 heterocycles. The van der Waals surface area contributed by atoms with Gasteiger partial charge in [-0.05, 0) is 55.2 Å². The third kappa shape index (κ3) is 3.46. The minimum absolute atomic E-state index is 0.0951. The summed E-state index contributed by atoms with van der Waals surface area (Å²) in [7, 11) is 0.